The van der Waals surface area contributed by atoms with Crippen molar-refractivity contribution in [1.82, 2.24) is 15.0 Å². The molecule has 11 heteroatoms. The lowest BCUT2D eigenvalue weighted by Gasteiger charge is -2.30. The number of nitrogens with one attached hydrogen (secondary N) is 1. The molecule has 40 heavy (non-hydrogen) atoms. The van der Waals surface area contributed by atoms with Crippen molar-refractivity contribution in [1.29, 1.82) is 0 Å². The third kappa shape index (κ3) is 5.76. The number of cyclic esters (lactones) is 1. The molecule has 0 unspecified atom stereocenters. The smallest absolute Gasteiger partial charge is 0.340 e. The lowest BCUT2D eigenvalue weighted by atomic mass is 9.86. The lowest BCUT2D eigenvalue weighted by Crippen LogP contribution is -2.36. The second-order valence-electron chi connectivity index (χ2n) is 12.1. The number of pyridine rings is 3. The number of esters is 1. The fourth-order valence-electron chi connectivity index (χ4n) is 5.25. The van der Waals surface area contributed by atoms with Crippen LogP contribution in [0.15, 0.2) is 30.6 Å². The maximum atomic E-state index is 12.4. The molecule has 2 aliphatic rings. The number of sulfone groups is 1. The summed E-state index contributed by atoms with van der Waals surface area (Å²) in [5.74, 6) is 1.48. The van der Waals surface area contributed by atoms with E-state index in [1.165, 1.54) is 6.26 Å². The molecule has 3 aromatic rings. The van der Waals surface area contributed by atoms with Crippen molar-refractivity contribution in [3.05, 3.63) is 47.4 Å². The summed E-state index contributed by atoms with van der Waals surface area (Å²) in [5.41, 5.74) is 7.67. The molecule has 1 fully saturated rings. The predicted molar refractivity (Wildman–Crippen MR) is 154 cm³/mol. The Labute approximate surface area is 235 Å². The molecule has 3 N–H and O–H groups in total. The van der Waals surface area contributed by atoms with Crippen LogP contribution in [0.3, 0.4) is 0 Å². The van der Waals surface area contributed by atoms with Gasteiger partial charge in [0.25, 0.3) is 0 Å². The van der Waals surface area contributed by atoms with Crippen LogP contribution < -0.4 is 15.8 Å². The molecule has 1 aliphatic carbocycles. The van der Waals surface area contributed by atoms with Crippen LogP contribution in [-0.2, 0) is 26.5 Å². The van der Waals surface area contributed by atoms with Crippen LogP contribution in [0.2, 0.25) is 0 Å². The molecule has 0 amide bonds. The number of carbonyl (C=O) groups is 1. The summed E-state index contributed by atoms with van der Waals surface area (Å²) in [6.45, 7) is 9.27. The third-order valence-corrected chi connectivity index (χ3v) is 9.52. The Morgan fingerprint density at radius 3 is 2.58 bits per heavy atom. The second kappa shape index (κ2) is 9.95. The summed E-state index contributed by atoms with van der Waals surface area (Å²) in [5, 5.41) is 4.28. The molecule has 0 bridgehead atoms. The molecular weight excluding hydrogens is 530 g/mol. The molecule has 0 saturated heterocycles. The molecular formula is C29H37N5O5S. The summed E-state index contributed by atoms with van der Waals surface area (Å²) in [6, 6.07) is 5.36. The first-order chi connectivity index (χ1) is 18.6. The van der Waals surface area contributed by atoms with Gasteiger partial charge in [0.1, 0.15) is 27.1 Å². The third-order valence-electron chi connectivity index (χ3n) is 7.86. The van der Waals surface area contributed by atoms with E-state index in [1.54, 1.807) is 31.5 Å². The van der Waals surface area contributed by atoms with Gasteiger partial charge in [0.15, 0.2) is 0 Å². The van der Waals surface area contributed by atoms with E-state index in [0.29, 0.717) is 52.9 Å². The largest absolute Gasteiger partial charge is 0.474 e. The predicted octanol–water partition coefficient (Wildman–Crippen LogP) is 4.43. The van der Waals surface area contributed by atoms with Crippen LogP contribution in [-0.4, -0.2) is 52.5 Å². The molecule has 1 saturated carbocycles. The van der Waals surface area contributed by atoms with Gasteiger partial charge >= 0.3 is 5.97 Å². The van der Waals surface area contributed by atoms with Crippen molar-refractivity contribution in [2.24, 2.45) is 11.7 Å². The monoisotopic (exact) mass is 567 g/mol. The van der Waals surface area contributed by atoms with Gasteiger partial charge in [0.2, 0.25) is 5.88 Å². The zero-order valence-corrected chi connectivity index (χ0v) is 24.6. The highest BCUT2D eigenvalue weighted by molar-refractivity contribution is 7.91. The highest BCUT2D eigenvalue weighted by Gasteiger charge is 2.41. The van der Waals surface area contributed by atoms with E-state index in [1.807, 2.05) is 33.8 Å². The Bertz CT molecular complexity index is 1580. The first kappa shape index (κ1) is 28.2. The van der Waals surface area contributed by atoms with E-state index in [2.05, 4.69) is 20.3 Å². The molecule has 4 heterocycles. The maximum Gasteiger partial charge on any atom is 0.340 e. The first-order valence-electron chi connectivity index (χ1n) is 13.6. The molecule has 10 nitrogen and oxygen atoms in total. The highest BCUT2D eigenvalue weighted by atomic mass is 32.2. The zero-order valence-electron chi connectivity index (χ0n) is 23.8. The number of fused-ring (bicyclic) bond motifs is 2. The van der Waals surface area contributed by atoms with Gasteiger partial charge < -0.3 is 20.5 Å². The van der Waals surface area contributed by atoms with Crippen LogP contribution in [0.25, 0.3) is 10.8 Å². The SMILES string of the molecule is C[C@H](C[C@@H](C)S(C)(=O)=O)Oc1ncc([C@@](C)(N)C2CC2)c2cc(Nc3ccc4c(n3)CC(C)(C)OC4=O)ncc12. The molecule has 5 rings (SSSR count). The summed E-state index contributed by atoms with van der Waals surface area (Å²) < 4.78 is 35.5. The van der Waals surface area contributed by atoms with E-state index >= 15 is 0 Å². The van der Waals surface area contributed by atoms with E-state index in [-0.39, 0.29) is 12.1 Å². The van der Waals surface area contributed by atoms with Crippen LogP contribution in [0.4, 0.5) is 11.6 Å². The Morgan fingerprint density at radius 2 is 1.90 bits per heavy atom. The minimum absolute atomic E-state index is 0.335. The summed E-state index contributed by atoms with van der Waals surface area (Å²) in [6.07, 6.45) is 7.26. The van der Waals surface area contributed by atoms with Crippen molar-refractivity contribution in [3.63, 3.8) is 0 Å². The van der Waals surface area contributed by atoms with Crippen LogP contribution in [0, 0.1) is 5.92 Å². The van der Waals surface area contributed by atoms with Crippen molar-refractivity contribution in [2.75, 3.05) is 11.6 Å². The molecule has 3 atom stereocenters. The molecule has 0 radical (unpaired) electrons. The first-order valence-corrected chi connectivity index (χ1v) is 15.5. The van der Waals surface area contributed by atoms with Gasteiger partial charge in [-0.2, -0.15) is 0 Å². The number of nitrogens with zero attached hydrogens (tertiary/aromatic N) is 3. The quantitative estimate of drug-likeness (QED) is 0.356. The summed E-state index contributed by atoms with van der Waals surface area (Å²) in [7, 11) is -3.18. The van der Waals surface area contributed by atoms with Gasteiger partial charge in [0, 0.05) is 37.0 Å². The van der Waals surface area contributed by atoms with Crippen LogP contribution >= 0.6 is 0 Å². The van der Waals surface area contributed by atoms with Crippen molar-refractivity contribution < 1.29 is 22.7 Å². The highest BCUT2D eigenvalue weighted by Crippen LogP contribution is 2.46. The normalized spacial score (nSPS) is 19.7. The average Bonchev–Trinajstić information content (AvgIpc) is 3.68. The Morgan fingerprint density at radius 1 is 1.18 bits per heavy atom. The molecule has 0 spiro atoms. The number of rotatable bonds is 9. The molecule has 0 aromatic carbocycles. The Balaban J connectivity index is 1.49. The number of anilines is 2. The van der Waals surface area contributed by atoms with Crippen LogP contribution in [0.1, 0.15) is 75.5 Å². The average molecular weight is 568 g/mol. The van der Waals surface area contributed by atoms with Crippen molar-refractivity contribution in [2.45, 2.75) is 82.8 Å². The number of aromatic nitrogens is 3. The van der Waals surface area contributed by atoms with E-state index in [0.717, 1.165) is 23.8 Å². The van der Waals surface area contributed by atoms with Gasteiger partial charge in [-0.1, -0.05) is 0 Å². The second-order valence-corrected chi connectivity index (χ2v) is 14.6. The van der Waals surface area contributed by atoms with Gasteiger partial charge in [-0.15, -0.1) is 0 Å². The van der Waals surface area contributed by atoms with Gasteiger partial charge in [-0.25, -0.2) is 28.2 Å². The molecule has 3 aromatic heterocycles. The minimum Gasteiger partial charge on any atom is -0.474 e. The fraction of sp³-hybridized carbons (Fsp3) is 0.517. The summed E-state index contributed by atoms with van der Waals surface area (Å²) >= 11 is 0. The maximum absolute atomic E-state index is 12.4. The van der Waals surface area contributed by atoms with Gasteiger partial charge in [0.05, 0.1) is 28.0 Å². The Hall–Kier alpha value is -3.31. The van der Waals surface area contributed by atoms with E-state index in [4.69, 9.17) is 15.2 Å². The number of ether oxygens (including phenoxy) is 2. The lowest BCUT2D eigenvalue weighted by molar-refractivity contribution is -0.00714. The molecule has 1 aliphatic heterocycles. The number of hydrogen-bond acceptors (Lipinski definition) is 10. The minimum atomic E-state index is -3.18. The number of nitrogens with two attached hydrogens (primary N) is 1. The zero-order chi connectivity index (χ0) is 29.0. The van der Waals surface area contributed by atoms with Gasteiger partial charge in [-0.3, -0.25) is 0 Å². The van der Waals surface area contributed by atoms with Crippen molar-refractivity contribution in [3.8, 4) is 5.88 Å². The molecule has 214 valence electrons. The standard InChI is InChI=1S/C29H37N5O5S/c1-16(11-17(2)40(6,36)37)38-26-21-14-31-25(12-20(21)22(15-32-26)29(5,30)18-7-8-18)34-24-10-9-19-23(33-24)13-28(3,4)39-27(19)35/h9-10,12,14-18H,7-8,11,13,30H2,1-6H3,(H,31,33,34)/t16-,17-,29+/m1/s1. The fourth-order valence-corrected chi connectivity index (χ4v) is 5.87. The number of carbonyl (C=O) groups excluding carboxylic acids is 1. The van der Waals surface area contributed by atoms with Crippen molar-refractivity contribution >= 4 is 38.2 Å². The topological polar surface area (TPSA) is 146 Å². The van der Waals surface area contributed by atoms with Gasteiger partial charge in [-0.05, 0) is 82.5 Å². The Kier molecular flexibility index (Phi) is 7.02. The van der Waals surface area contributed by atoms with E-state index < -0.39 is 26.2 Å². The summed E-state index contributed by atoms with van der Waals surface area (Å²) in [4.78, 5) is 26.3. The number of hydrogen-bond donors (Lipinski definition) is 2. The van der Waals surface area contributed by atoms with Crippen LogP contribution in [0.5, 0.6) is 5.88 Å². The van der Waals surface area contributed by atoms with E-state index in [9.17, 15) is 13.2 Å².